The fraction of sp³-hybridized carbons (Fsp3) is 0.565. The van der Waals surface area contributed by atoms with Gasteiger partial charge in [-0.3, -0.25) is 9.97 Å². The Labute approximate surface area is 159 Å². The molecule has 0 aromatic carbocycles. The van der Waals surface area contributed by atoms with Crippen LogP contribution in [0.25, 0.3) is 0 Å². The topological polar surface area (TPSA) is 29.0 Å². The molecule has 2 aromatic heterocycles. The molecule has 0 aliphatic heterocycles. The van der Waals surface area contributed by atoms with E-state index >= 15 is 0 Å². The molecule has 0 aliphatic carbocycles. The Bertz CT molecular complexity index is 719. The van der Waals surface area contributed by atoms with Crippen LogP contribution in [0.2, 0.25) is 0 Å². The van der Waals surface area contributed by atoms with Crippen molar-refractivity contribution in [2.45, 2.75) is 72.6 Å². The molecule has 142 valence electrons. The van der Waals surface area contributed by atoms with Gasteiger partial charge in [0, 0.05) is 43.1 Å². The van der Waals surface area contributed by atoms with Crippen molar-refractivity contribution < 1.29 is 0 Å². The number of hydrogen-bond acceptors (Lipinski definition) is 3. The minimum atomic E-state index is 0.456. The Morgan fingerprint density at radius 1 is 1.00 bits per heavy atom. The summed E-state index contributed by atoms with van der Waals surface area (Å²) < 4.78 is 0. The number of nitrogens with zero attached hydrogens (tertiary/aromatic N) is 3. The number of hydrogen-bond donors (Lipinski definition) is 0. The minimum absolute atomic E-state index is 0.456. The van der Waals surface area contributed by atoms with Crippen LogP contribution >= 0.6 is 0 Å². The Morgan fingerprint density at radius 3 is 2.31 bits per heavy atom. The number of aromatic nitrogens is 2. The molecule has 26 heavy (non-hydrogen) atoms. The normalized spacial score (nSPS) is 11.4. The van der Waals surface area contributed by atoms with Crippen molar-refractivity contribution in [3.8, 4) is 0 Å². The van der Waals surface area contributed by atoms with E-state index in [0.29, 0.717) is 11.8 Å². The van der Waals surface area contributed by atoms with Crippen LogP contribution in [-0.4, -0.2) is 23.6 Å². The summed E-state index contributed by atoms with van der Waals surface area (Å²) in [5, 5.41) is 0. The molecule has 3 heteroatoms. The highest BCUT2D eigenvalue weighted by molar-refractivity contribution is 5.54. The van der Waals surface area contributed by atoms with Gasteiger partial charge in [0.15, 0.2) is 0 Å². The van der Waals surface area contributed by atoms with E-state index in [4.69, 9.17) is 4.98 Å². The van der Waals surface area contributed by atoms with Gasteiger partial charge in [-0.25, -0.2) is 0 Å². The molecule has 2 heterocycles. The highest BCUT2D eigenvalue weighted by Gasteiger charge is 2.14. The van der Waals surface area contributed by atoms with E-state index in [1.165, 1.54) is 33.8 Å². The molecular weight excluding hydrogens is 318 g/mol. The van der Waals surface area contributed by atoms with E-state index in [1.807, 2.05) is 12.4 Å². The summed E-state index contributed by atoms with van der Waals surface area (Å²) in [7, 11) is 2.19. The first kappa shape index (κ1) is 20.4. The van der Waals surface area contributed by atoms with Crippen LogP contribution in [0.1, 0.15) is 81.0 Å². The molecule has 0 aliphatic rings. The largest absolute Gasteiger partial charge is 0.374 e. The molecular formula is C23H35N3. The highest BCUT2D eigenvalue weighted by Crippen LogP contribution is 2.27. The second-order valence-corrected chi connectivity index (χ2v) is 7.86. The fourth-order valence-corrected chi connectivity index (χ4v) is 3.91. The lowest BCUT2D eigenvalue weighted by Gasteiger charge is -2.24. The third-order valence-electron chi connectivity index (χ3n) is 5.20. The van der Waals surface area contributed by atoms with Crippen molar-refractivity contribution >= 4 is 5.69 Å². The average Bonchev–Trinajstić information content (AvgIpc) is 2.60. The third-order valence-corrected chi connectivity index (χ3v) is 5.20. The maximum atomic E-state index is 4.70. The lowest BCUT2D eigenvalue weighted by Crippen LogP contribution is -2.21. The summed E-state index contributed by atoms with van der Waals surface area (Å²) in [6.45, 7) is 14.4. The SMILES string of the molecule is CCc1ccnc(CCCN(C)c2ccnc(C(C)C)c2C)c1C(C)C. The second kappa shape index (κ2) is 9.16. The summed E-state index contributed by atoms with van der Waals surface area (Å²) in [5.74, 6) is 0.986. The van der Waals surface area contributed by atoms with Crippen molar-refractivity contribution in [1.29, 1.82) is 0 Å². The van der Waals surface area contributed by atoms with Crippen molar-refractivity contribution in [2.75, 3.05) is 18.5 Å². The van der Waals surface area contributed by atoms with E-state index in [-0.39, 0.29) is 0 Å². The molecule has 2 aromatic rings. The fourth-order valence-electron chi connectivity index (χ4n) is 3.91. The van der Waals surface area contributed by atoms with Gasteiger partial charge in [-0.2, -0.15) is 0 Å². The molecule has 0 atom stereocenters. The van der Waals surface area contributed by atoms with Crippen LogP contribution in [0.5, 0.6) is 0 Å². The summed E-state index contributed by atoms with van der Waals surface area (Å²) in [4.78, 5) is 11.6. The zero-order valence-corrected chi connectivity index (χ0v) is 17.6. The van der Waals surface area contributed by atoms with E-state index in [0.717, 1.165) is 25.8 Å². The smallest absolute Gasteiger partial charge is 0.0478 e. The predicted molar refractivity (Wildman–Crippen MR) is 112 cm³/mol. The monoisotopic (exact) mass is 353 g/mol. The van der Waals surface area contributed by atoms with Crippen molar-refractivity contribution in [2.24, 2.45) is 0 Å². The van der Waals surface area contributed by atoms with Crippen molar-refractivity contribution in [1.82, 2.24) is 9.97 Å². The number of rotatable bonds is 8. The van der Waals surface area contributed by atoms with Crippen molar-refractivity contribution in [3.63, 3.8) is 0 Å². The van der Waals surface area contributed by atoms with Gasteiger partial charge in [0.25, 0.3) is 0 Å². The van der Waals surface area contributed by atoms with Crippen LogP contribution in [0, 0.1) is 6.92 Å². The van der Waals surface area contributed by atoms with Gasteiger partial charge < -0.3 is 4.90 Å². The Morgan fingerprint density at radius 2 is 1.69 bits per heavy atom. The first-order valence-electron chi connectivity index (χ1n) is 10.00. The molecule has 0 bridgehead atoms. The summed E-state index contributed by atoms with van der Waals surface area (Å²) >= 11 is 0. The Hall–Kier alpha value is -1.90. The number of pyridine rings is 2. The molecule has 0 radical (unpaired) electrons. The van der Waals surface area contributed by atoms with Gasteiger partial charge in [0.05, 0.1) is 0 Å². The molecule has 0 fully saturated rings. The molecule has 0 saturated carbocycles. The highest BCUT2D eigenvalue weighted by atomic mass is 15.1. The summed E-state index contributed by atoms with van der Waals surface area (Å²) in [5.41, 5.74) is 7.99. The van der Waals surface area contributed by atoms with Crippen LogP contribution < -0.4 is 4.90 Å². The molecule has 0 saturated heterocycles. The van der Waals surface area contributed by atoms with Gasteiger partial charge in [-0.15, -0.1) is 0 Å². The number of anilines is 1. The summed E-state index contributed by atoms with van der Waals surface area (Å²) in [6, 6.07) is 4.31. The lowest BCUT2D eigenvalue weighted by atomic mass is 9.92. The standard InChI is InChI=1S/C23H35N3/c1-8-19-11-13-24-20(22(19)16(2)3)10-9-15-26(7)21-12-14-25-23(17(4)5)18(21)6/h11-14,16-17H,8-10,15H2,1-7H3. The zero-order valence-electron chi connectivity index (χ0n) is 17.6. The first-order chi connectivity index (χ1) is 12.4. The van der Waals surface area contributed by atoms with Crippen molar-refractivity contribution in [3.05, 3.63) is 52.6 Å². The first-order valence-corrected chi connectivity index (χ1v) is 10.00. The number of aryl methyl sites for hydroxylation is 2. The van der Waals surface area contributed by atoms with Gasteiger partial charge in [-0.1, -0.05) is 34.6 Å². The molecule has 3 nitrogen and oxygen atoms in total. The van der Waals surface area contributed by atoms with E-state index < -0.39 is 0 Å². The predicted octanol–water partition coefficient (Wildman–Crippen LogP) is 5.66. The molecule has 0 spiro atoms. The third kappa shape index (κ3) is 4.63. The second-order valence-electron chi connectivity index (χ2n) is 7.86. The Balaban J connectivity index is 2.08. The molecule has 0 amide bonds. The summed E-state index contributed by atoms with van der Waals surface area (Å²) in [6.07, 6.45) is 7.14. The van der Waals surface area contributed by atoms with Gasteiger partial charge in [0.1, 0.15) is 0 Å². The molecule has 0 N–H and O–H groups in total. The van der Waals surface area contributed by atoms with Crippen LogP contribution in [0.4, 0.5) is 5.69 Å². The van der Waals surface area contributed by atoms with Crippen LogP contribution in [-0.2, 0) is 12.8 Å². The van der Waals surface area contributed by atoms with Gasteiger partial charge in [0.2, 0.25) is 0 Å². The maximum absolute atomic E-state index is 4.70. The van der Waals surface area contributed by atoms with E-state index in [9.17, 15) is 0 Å². The molecule has 0 unspecified atom stereocenters. The zero-order chi connectivity index (χ0) is 19.3. The quantitative estimate of drug-likeness (QED) is 0.613. The Kier molecular flexibility index (Phi) is 7.19. The average molecular weight is 354 g/mol. The van der Waals surface area contributed by atoms with Crippen LogP contribution in [0.15, 0.2) is 24.5 Å². The van der Waals surface area contributed by atoms with E-state index in [1.54, 1.807) is 0 Å². The minimum Gasteiger partial charge on any atom is -0.374 e. The van der Waals surface area contributed by atoms with Crippen LogP contribution in [0.3, 0.4) is 0 Å². The van der Waals surface area contributed by atoms with Gasteiger partial charge in [-0.05, 0) is 66.8 Å². The van der Waals surface area contributed by atoms with E-state index in [2.05, 4.69) is 70.6 Å². The van der Waals surface area contributed by atoms with Gasteiger partial charge >= 0.3 is 0 Å². The lowest BCUT2D eigenvalue weighted by molar-refractivity contribution is 0.733. The molecule has 2 rings (SSSR count). The maximum Gasteiger partial charge on any atom is 0.0478 e.